The summed E-state index contributed by atoms with van der Waals surface area (Å²) in [6.45, 7) is 2.04. The number of halogens is 2. The van der Waals surface area contributed by atoms with Crippen LogP contribution in [0.1, 0.15) is 15.9 Å². The van der Waals surface area contributed by atoms with Crippen LogP contribution in [-0.4, -0.2) is 26.3 Å². The van der Waals surface area contributed by atoms with E-state index in [2.05, 4.69) is 10.2 Å². The average molecular weight is 454 g/mol. The van der Waals surface area contributed by atoms with Gasteiger partial charge in [-0.3, -0.25) is 9.36 Å². The highest BCUT2D eigenvalue weighted by molar-refractivity contribution is 7.99. The van der Waals surface area contributed by atoms with Crippen molar-refractivity contribution >= 4 is 40.7 Å². The molecule has 0 bridgehead atoms. The third-order valence-electron chi connectivity index (χ3n) is 4.51. The Balaban J connectivity index is 1.68. The van der Waals surface area contributed by atoms with Crippen molar-refractivity contribution in [1.82, 2.24) is 14.8 Å². The normalized spacial score (nSPS) is 10.9. The lowest BCUT2D eigenvalue weighted by Gasteiger charge is -2.11. The van der Waals surface area contributed by atoms with E-state index in [4.69, 9.17) is 23.2 Å². The lowest BCUT2D eigenvalue weighted by Crippen LogP contribution is -2.05. The van der Waals surface area contributed by atoms with Gasteiger partial charge in [-0.1, -0.05) is 64.8 Å². The molecule has 0 fully saturated rings. The molecular weight excluding hydrogens is 437 g/mol. The maximum Gasteiger partial charge on any atom is 0.196 e. The van der Waals surface area contributed by atoms with Gasteiger partial charge in [0.25, 0.3) is 0 Å². The molecule has 0 atom stereocenters. The first-order valence-corrected chi connectivity index (χ1v) is 11.0. The first kappa shape index (κ1) is 20.7. The third-order valence-corrected chi connectivity index (χ3v) is 5.92. The Labute approximate surface area is 188 Å². The maximum atomic E-state index is 12.6. The summed E-state index contributed by atoms with van der Waals surface area (Å²) >= 11 is 13.4. The predicted molar refractivity (Wildman–Crippen MR) is 123 cm³/mol. The van der Waals surface area contributed by atoms with Gasteiger partial charge in [-0.15, -0.1) is 10.2 Å². The number of hydrogen-bond donors (Lipinski definition) is 0. The van der Waals surface area contributed by atoms with E-state index >= 15 is 0 Å². The van der Waals surface area contributed by atoms with Gasteiger partial charge in [0.1, 0.15) is 0 Å². The second-order valence-corrected chi connectivity index (χ2v) is 8.52. The molecule has 1 aromatic heterocycles. The number of aromatic nitrogens is 3. The molecule has 7 heteroatoms. The summed E-state index contributed by atoms with van der Waals surface area (Å²) in [5, 5.41) is 10.6. The van der Waals surface area contributed by atoms with E-state index in [9.17, 15) is 4.79 Å². The number of rotatable bonds is 6. The lowest BCUT2D eigenvalue weighted by molar-refractivity contribution is 0.102. The maximum absolute atomic E-state index is 12.6. The van der Waals surface area contributed by atoms with Gasteiger partial charge in [0.2, 0.25) is 0 Å². The van der Waals surface area contributed by atoms with Crippen LogP contribution < -0.4 is 0 Å². The fourth-order valence-electron chi connectivity index (χ4n) is 2.95. The molecule has 0 amide bonds. The molecule has 4 nitrogen and oxygen atoms in total. The van der Waals surface area contributed by atoms with Gasteiger partial charge in [0.15, 0.2) is 16.8 Å². The molecule has 0 aliphatic heterocycles. The summed E-state index contributed by atoms with van der Waals surface area (Å²) in [6, 6.07) is 22.5. The Morgan fingerprint density at radius 1 is 0.933 bits per heavy atom. The average Bonchev–Trinajstić information content (AvgIpc) is 3.17. The third kappa shape index (κ3) is 4.59. The second-order valence-electron chi connectivity index (χ2n) is 6.71. The second kappa shape index (κ2) is 9.04. The molecule has 0 N–H and O–H groups in total. The molecule has 0 radical (unpaired) electrons. The van der Waals surface area contributed by atoms with Gasteiger partial charge < -0.3 is 0 Å². The quantitative estimate of drug-likeness (QED) is 0.246. The summed E-state index contributed by atoms with van der Waals surface area (Å²) in [5.41, 5.74) is 3.54. The molecule has 3 aromatic carbocycles. The van der Waals surface area contributed by atoms with E-state index in [1.165, 1.54) is 11.8 Å². The SMILES string of the molecule is Cc1ccc(-n2c(SCC(=O)c3ccc(Cl)cc3)nnc2-c2cccc(Cl)c2)cc1. The summed E-state index contributed by atoms with van der Waals surface area (Å²) < 4.78 is 1.95. The number of ketones is 1. The zero-order valence-corrected chi connectivity index (χ0v) is 18.4. The molecule has 1 heterocycles. The topological polar surface area (TPSA) is 47.8 Å². The van der Waals surface area contributed by atoms with Crippen molar-refractivity contribution in [3.8, 4) is 17.1 Å². The Kier molecular flexibility index (Phi) is 6.23. The number of aryl methyl sites for hydroxylation is 1. The number of benzene rings is 3. The Hall–Kier alpha value is -2.60. The van der Waals surface area contributed by atoms with E-state index in [1.54, 1.807) is 24.3 Å². The van der Waals surface area contributed by atoms with Crippen LogP contribution in [0.15, 0.2) is 78.0 Å². The molecule has 4 rings (SSSR count). The van der Waals surface area contributed by atoms with Gasteiger partial charge in [0.05, 0.1) is 5.75 Å². The van der Waals surface area contributed by atoms with Crippen LogP contribution in [0.3, 0.4) is 0 Å². The van der Waals surface area contributed by atoms with Crippen LogP contribution in [0.5, 0.6) is 0 Å². The summed E-state index contributed by atoms with van der Waals surface area (Å²) in [4.78, 5) is 12.6. The molecule has 150 valence electrons. The fourth-order valence-corrected chi connectivity index (χ4v) is 4.12. The number of hydrogen-bond acceptors (Lipinski definition) is 4. The van der Waals surface area contributed by atoms with Gasteiger partial charge >= 0.3 is 0 Å². The van der Waals surface area contributed by atoms with Crippen LogP contribution in [0.25, 0.3) is 17.1 Å². The van der Waals surface area contributed by atoms with Crippen molar-refractivity contribution in [2.24, 2.45) is 0 Å². The van der Waals surface area contributed by atoms with Crippen LogP contribution in [-0.2, 0) is 0 Å². The van der Waals surface area contributed by atoms with Gasteiger partial charge in [0, 0.05) is 26.9 Å². The highest BCUT2D eigenvalue weighted by Gasteiger charge is 2.18. The van der Waals surface area contributed by atoms with E-state index in [0.29, 0.717) is 26.6 Å². The monoisotopic (exact) mass is 453 g/mol. The summed E-state index contributed by atoms with van der Waals surface area (Å²) in [5.74, 6) is 0.906. The Morgan fingerprint density at radius 3 is 2.37 bits per heavy atom. The van der Waals surface area contributed by atoms with Crippen LogP contribution in [0.2, 0.25) is 10.0 Å². The minimum absolute atomic E-state index is 0.000529. The molecule has 0 aliphatic rings. The Bertz CT molecular complexity index is 1190. The van der Waals surface area contributed by atoms with Crippen LogP contribution in [0, 0.1) is 6.92 Å². The van der Waals surface area contributed by atoms with E-state index in [1.807, 2.05) is 60.0 Å². The van der Waals surface area contributed by atoms with E-state index in [-0.39, 0.29) is 11.5 Å². The standard InChI is InChI=1S/C23H17Cl2N3OS/c1-15-5-11-20(12-6-15)28-22(17-3-2-4-19(25)13-17)26-27-23(28)30-14-21(29)16-7-9-18(24)10-8-16/h2-13H,14H2,1H3. The number of carbonyl (C=O) groups excluding carboxylic acids is 1. The highest BCUT2D eigenvalue weighted by Crippen LogP contribution is 2.29. The number of nitrogens with zero attached hydrogens (tertiary/aromatic N) is 3. The van der Waals surface area contributed by atoms with Gasteiger partial charge in [-0.2, -0.15) is 0 Å². The van der Waals surface area contributed by atoms with Gasteiger partial charge in [-0.05, 0) is 55.5 Å². The molecule has 30 heavy (non-hydrogen) atoms. The molecular formula is C23H17Cl2N3OS. The van der Waals surface area contributed by atoms with Crippen molar-refractivity contribution in [2.45, 2.75) is 12.1 Å². The fraction of sp³-hybridized carbons (Fsp3) is 0.0870. The number of carbonyl (C=O) groups is 1. The van der Waals surface area contributed by atoms with Crippen molar-refractivity contribution in [3.63, 3.8) is 0 Å². The number of Topliss-reactive ketones (excluding diaryl/α,β-unsaturated/α-hetero) is 1. The predicted octanol–water partition coefficient (Wildman–Crippen LogP) is 6.52. The molecule has 0 aliphatic carbocycles. The minimum Gasteiger partial charge on any atom is -0.293 e. The van der Waals surface area contributed by atoms with Gasteiger partial charge in [-0.25, -0.2) is 0 Å². The van der Waals surface area contributed by atoms with Crippen LogP contribution in [0.4, 0.5) is 0 Å². The number of thioether (sulfide) groups is 1. The zero-order valence-electron chi connectivity index (χ0n) is 16.0. The summed E-state index contributed by atoms with van der Waals surface area (Å²) in [6.07, 6.45) is 0. The van der Waals surface area contributed by atoms with Crippen molar-refractivity contribution in [2.75, 3.05) is 5.75 Å². The molecule has 0 saturated carbocycles. The van der Waals surface area contributed by atoms with Crippen molar-refractivity contribution in [1.29, 1.82) is 0 Å². The minimum atomic E-state index is -0.000529. The van der Waals surface area contributed by atoms with E-state index in [0.717, 1.165) is 16.8 Å². The first-order chi connectivity index (χ1) is 14.5. The molecule has 0 saturated heterocycles. The van der Waals surface area contributed by atoms with Crippen LogP contribution >= 0.6 is 35.0 Å². The largest absolute Gasteiger partial charge is 0.293 e. The smallest absolute Gasteiger partial charge is 0.196 e. The molecule has 0 unspecified atom stereocenters. The highest BCUT2D eigenvalue weighted by atomic mass is 35.5. The summed E-state index contributed by atoms with van der Waals surface area (Å²) in [7, 11) is 0. The van der Waals surface area contributed by atoms with Crippen molar-refractivity contribution in [3.05, 3.63) is 94.0 Å². The van der Waals surface area contributed by atoms with Crippen molar-refractivity contribution < 1.29 is 4.79 Å². The first-order valence-electron chi connectivity index (χ1n) is 9.21. The Morgan fingerprint density at radius 2 is 1.67 bits per heavy atom. The molecule has 0 spiro atoms. The lowest BCUT2D eigenvalue weighted by atomic mass is 10.1. The molecule has 4 aromatic rings. The zero-order chi connectivity index (χ0) is 21.1. The van der Waals surface area contributed by atoms with E-state index < -0.39 is 0 Å².